The SMILES string of the molecule is Cc1cc(=O)oc2cc(OC3OC(C(=O)O)C(O)C(O)C3O)ccc12.NC1CCCCC1. The van der Waals surface area contributed by atoms with Crippen LogP contribution in [0.15, 0.2) is 33.5 Å². The van der Waals surface area contributed by atoms with E-state index >= 15 is 0 Å². The number of aliphatic hydroxyl groups is 3. The fraction of sp³-hybridized carbons (Fsp3) is 0.545. The molecule has 2 aromatic rings. The van der Waals surface area contributed by atoms with Gasteiger partial charge in [-0.15, -0.1) is 0 Å². The van der Waals surface area contributed by atoms with E-state index in [1.165, 1.54) is 50.3 Å². The van der Waals surface area contributed by atoms with Crippen LogP contribution in [0.1, 0.15) is 37.7 Å². The fourth-order valence-electron chi connectivity index (χ4n) is 3.80. The number of rotatable bonds is 3. The van der Waals surface area contributed by atoms with Gasteiger partial charge in [-0.25, -0.2) is 9.59 Å². The van der Waals surface area contributed by atoms with Crippen molar-refractivity contribution < 1.29 is 39.1 Å². The lowest BCUT2D eigenvalue weighted by atomic mass is 9.97. The van der Waals surface area contributed by atoms with E-state index in [2.05, 4.69) is 0 Å². The van der Waals surface area contributed by atoms with E-state index in [9.17, 15) is 24.9 Å². The molecule has 5 atom stereocenters. The molecule has 2 fully saturated rings. The Hall–Kier alpha value is -2.50. The van der Waals surface area contributed by atoms with Gasteiger partial charge in [-0.2, -0.15) is 0 Å². The summed E-state index contributed by atoms with van der Waals surface area (Å²) in [6, 6.07) is 6.39. The molecule has 32 heavy (non-hydrogen) atoms. The quantitative estimate of drug-likeness (QED) is 0.417. The summed E-state index contributed by atoms with van der Waals surface area (Å²) in [5.74, 6) is -1.38. The number of fused-ring (bicyclic) bond motifs is 1. The molecule has 0 amide bonds. The van der Waals surface area contributed by atoms with Crippen molar-refractivity contribution in [2.75, 3.05) is 0 Å². The third-order valence-electron chi connectivity index (χ3n) is 5.64. The van der Waals surface area contributed by atoms with Gasteiger partial charge in [0.1, 0.15) is 29.6 Å². The molecule has 0 radical (unpaired) electrons. The van der Waals surface area contributed by atoms with Crippen LogP contribution in [0.2, 0.25) is 0 Å². The summed E-state index contributed by atoms with van der Waals surface area (Å²) in [6.07, 6.45) is -1.87. The molecule has 1 aliphatic heterocycles. The minimum Gasteiger partial charge on any atom is -0.479 e. The number of aliphatic hydroxyl groups excluding tert-OH is 3. The molecule has 1 aliphatic carbocycles. The van der Waals surface area contributed by atoms with Crippen molar-refractivity contribution in [3.05, 3.63) is 40.2 Å². The van der Waals surface area contributed by atoms with Crippen molar-refractivity contribution in [3.8, 4) is 5.75 Å². The third-order valence-corrected chi connectivity index (χ3v) is 5.64. The number of nitrogens with two attached hydrogens (primary N) is 1. The second-order valence-corrected chi connectivity index (χ2v) is 8.16. The van der Waals surface area contributed by atoms with E-state index in [0.717, 1.165) is 0 Å². The molecule has 1 saturated heterocycles. The molecule has 6 N–H and O–H groups in total. The van der Waals surface area contributed by atoms with Crippen LogP contribution < -0.4 is 16.1 Å². The lowest BCUT2D eigenvalue weighted by molar-refractivity contribution is -0.271. The second-order valence-electron chi connectivity index (χ2n) is 8.16. The van der Waals surface area contributed by atoms with Crippen LogP contribution in [-0.4, -0.2) is 63.1 Å². The van der Waals surface area contributed by atoms with Gasteiger partial charge in [-0.3, -0.25) is 0 Å². The van der Waals surface area contributed by atoms with E-state index in [1.54, 1.807) is 13.0 Å². The first-order chi connectivity index (χ1) is 15.2. The molecule has 10 nitrogen and oxygen atoms in total. The number of carbonyl (C=O) groups is 1. The summed E-state index contributed by atoms with van der Waals surface area (Å²) in [4.78, 5) is 22.5. The van der Waals surface area contributed by atoms with Crippen LogP contribution in [0.3, 0.4) is 0 Å². The zero-order valence-corrected chi connectivity index (χ0v) is 17.7. The Kier molecular flexibility index (Phi) is 7.86. The topological polar surface area (TPSA) is 173 Å². The van der Waals surface area contributed by atoms with Crippen molar-refractivity contribution in [1.82, 2.24) is 0 Å². The lowest BCUT2D eigenvalue weighted by Crippen LogP contribution is -2.61. The average molecular weight is 451 g/mol. The summed E-state index contributed by atoms with van der Waals surface area (Å²) in [7, 11) is 0. The van der Waals surface area contributed by atoms with Gasteiger partial charge in [0.15, 0.2) is 6.10 Å². The first-order valence-corrected chi connectivity index (χ1v) is 10.6. The van der Waals surface area contributed by atoms with Crippen LogP contribution >= 0.6 is 0 Å². The maximum atomic E-state index is 11.5. The van der Waals surface area contributed by atoms with Gasteiger partial charge in [0.25, 0.3) is 0 Å². The van der Waals surface area contributed by atoms with Crippen molar-refractivity contribution in [2.45, 2.75) is 75.8 Å². The second kappa shape index (κ2) is 10.4. The Bertz CT molecular complexity index is 985. The average Bonchev–Trinajstić information content (AvgIpc) is 2.74. The van der Waals surface area contributed by atoms with Gasteiger partial charge in [0.05, 0.1) is 0 Å². The Morgan fingerprint density at radius 2 is 1.75 bits per heavy atom. The van der Waals surface area contributed by atoms with Gasteiger partial charge < -0.3 is 40.1 Å². The number of carboxylic acid groups (broad SMARTS) is 1. The Morgan fingerprint density at radius 3 is 2.34 bits per heavy atom. The Labute approximate surface area is 184 Å². The normalized spacial score (nSPS) is 28.6. The van der Waals surface area contributed by atoms with E-state index in [1.807, 2.05) is 0 Å². The molecule has 10 heteroatoms. The number of aryl methyl sites for hydroxylation is 1. The molecule has 2 aliphatic rings. The molecule has 0 bridgehead atoms. The Morgan fingerprint density at radius 1 is 1.06 bits per heavy atom. The number of hydrogen-bond acceptors (Lipinski definition) is 9. The van der Waals surface area contributed by atoms with Crippen molar-refractivity contribution in [3.63, 3.8) is 0 Å². The summed E-state index contributed by atoms with van der Waals surface area (Å²) >= 11 is 0. The van der Waals surface area contributed by atoms with Crippen LogP contribution in [0, 0.1) is 6.92 Å². The summed E-state index contributed by atoms with van der Waals surface area (Å²) in [6.45, 7) is 1.74. The van der Waals surface area contributed by atoms with Crippen LogP contribution in [0.5, 0.6) is 5.75 Å². The number of hydrogen-bond donors (Lipinski definition) is 5. The standard InChI is InChI=1S/C16H16O9.C6H13N/c1-6-4-10(17)24-9-5-7(2-3-8(6)9)23-16-13(20)11(18)12(19)14(25-16)15(21)22;7-6-4-2-1-3-5-6/h2-5,11-14,16,18-20H,1H3,(H,21,22);6H,1-5,7H2. The third kappa shape index (κ3) is 5.64. The van der Waals surface area contributed by atoms with Gasteiger partial charge in [0, 0.05) is 23.6 Å². The van der Waals surface area contributed by atoms with E-state index < -0.39 is 42.3 Å². The minimum atomic E-state index is -1.80. The molecule has 176 valence electrons. The maximum absolute atomic E-state index is 11.5. The molecule has 5 unspecified atom stereocenters. The number of aliphatic carboxylic acids is 1. The molecule has 1 aromatic carbocycles. The molecule has 2 heterocycles. The lowest BCUT2D eigenvalue weighted by Gasteiger charge is -2.38. The van der Waals surface area contributed by atoms with E-state index in [0.29, 0.717) is 17.0 Å². The van der Waals surface area contributed by atoms with Gasteiger partial charge in [-0.05, 0) is 37.5 Å². The monoisotopic (exact) mass is 451 g/mol. The number of benzene rings is 1. The molecule has 4 rings (SSSR count). The minimum absolute atomic E-state index is 0.123. The summed E-state index contributed by atoms with van der Waals surface area (Å²) in [5.41, 5.74) is 6.04. The molecule has 1 aromatic heterocycles. The molecular weight excluding hydrogens is 422 g/mol. The van der Waals surface area contributed by atoms with E-state index in [-0.39, 0.29) is 11.3 Å². The van der Waals surface area contributed by atoms with Gasteiger partial charge >= 0.3 is 11.6 Å². The summed E-state index contributed by atoms with van der Waals surface area (Å²) in [5, 5.41) is 39.1. The largest absolute Gasteiger partial charge is 0.479 e. The fourth-order valence-corrected chi connectivity index (χ4v) is 3.80. The van der Waals surface area contributed by atoms with E-state index in [4.69, 9.17) is 24.7 Å². The highest BCUT2D eigenvalue weighted by Crippen LogP contribution is 2.27. The predicted octanol–water partition coefficient (Wildman–Crippen LogP) is 0.650. The number of ether oxygens (including phenoxy) is 2. The number of carboxylic acids is 1. The summed E-state index contributed by atoms with van der Waals surface area (Å²) < 4.78 is 15.5. The first kappa shape index (κ1) is 24.1. The predicted molar refractivity (Wildman–Crippen MR) is 113 cm³/mol. The highest BCUT2D eigenvalue weighted by molar-refractivity contribution is 5.81. The molecular formula is C22H29NO9. The smallest absolute Gasteiger partial charge is 0.336 e. The molecule has 0 spiro atoms. The van der Waals surface area contributed by atoms with Crippen LogP contribution in [0.4, 0.5) is 0 Å². The molecule has 1 saturated carbocycles. The zero-order chi connectivity index (χ0) is 23.4. The van der Waals surface area contributed by atoms with Crippen LogP contribution in [0.25, 0.3) is 11.0 Å². The highest BCUT2D eigenvalue weighted by atomic mass is 16.7. The van der Waals surface area contributed by atoms with Crippen LogP contribution in [-0.2, 0) is 9.53 Å². The first-order valence-electron chi connectivity index (χ1n) is 10.6. The van der Waals surface area contributed by atoms with Crippen molar-refractivity contribution in [1.29, 1.82) is 0 Å². The van der Waals surface area contributed by atoms with Gasteiger partial charge in [0.2, 0.25) is 6.29 Å². The van der Waals surface area contributed by atoms with Crippen molar-refractivity contribution >= 4 is 16.9 Å². The highest BCUT2D eigenvalue weighted by Gasteiger charge is 2.48. The van der Waals surface area contributed by atoms with Gasteiger partial charge in [-0.1, -0.05) is 19.3 Å². The van der Waals surface area contributed by atoms with Crippen molar-refractivity contribution in [2.24, 2.45) is 5.73 Å². The Balaban J connectivity index is 0.000000352. The maximum Gasteiger partial charge on any atom is 0.336 e. The zero-order valence-electron chi connectivity index (χ0n) is 17.7.